The van der Waals surface area contributed by atoms with E-state index < -0.39 is 31.8 Å². The molecule has 122 valence electrons. The van der Waals surface area contributed by atoms with Gasteiger partial charge in [0.25, 0.3) is 0 Å². The predicted octanol–water partition coefficient (Wildman–Crippen LogP) is 0.916. The molecular weight excluding hydrogens is 400 g/mol. The van der Waals surface area contributed by atoms with E-state index >= 15 is 0 Å². The summed E-state index contributed by atoms with van der Waals surface area (Å²) in [6.45, 7) is 0. The topological polar surface area (TPSA) is 118 Å². The molecule has 0 aliphatic carbocycles. The zero-order chi connectivity index (χ0) is 17.1. The molecule has 7 nitrogen and oxygen atoms in total. The first-order chi connectivity index (χ1) is 9.93. The number of primary amides is 1. The molecule has 0 aliphatic heterocycles. The van der Waals surface area contributed by atoms with Gasteiger partial charge < -0.3 is 11.1 Å². The Morgan fingerprint density at radius 3 is 2.05 bits per heavy atom. The largest absolute Gasteiger partial charge is 0.361 e. The first kappa shape index (κ1) is 19.3. The summed E-state index contributed by atoms with van der Waals surface area (Å²) in [5, 5.41) is 2.19. The maximum Gasteiger partial charge on any atom is 0.310 e. The number of carbonyl (C=O) groups is 2. The second-order valence-corrected chi connectivity index (χ2v) is 8.41. The van der Waals surface area contributed by atoms with Crippen molar-refractivity contribution in [2.45, 2.75) is 14.9 Å². The van der Waals surface area contributed by atoms with Crippen LogP contribution < -0.4 is 15.8 Å². The van der Waals surface area contributed by atoms with Gasteiger partial charge in [-0.1, -0.05) is 46.4 Å². The molecule has 1 atom stereocenters. The van der Waals surface area contributed by atoms with Gasteiger partial charge in [-0.25, -0.2) is 8.42 Å². The fourth-order valence-corrected chi connectivity index (χ4v) is 3.04. The number of carbonyl (C=O) groups excluding carboxylic acids is 2. The molecule has 22 heavy (non-hydrogen) atoms. The zero-order valence-electron chi connectivity index (χ0n) is 10.5. The van der Waals surface area contributed by atoms with Crippen LogP contribution in [0.25, 0.3) is 0 Å². The number of amides is 2. The van der Waals surface area contributed by atoms with Crippen molar-refractivity contribution >= 4 is 68.2 Å². The molecule has 0 aromatic heterocycles. The lowest BCUT2D eigenvalue weighted by atomic mass is 10.4. The minimum absolute atomic E-state index is 0.190. The Morgan fingerprint density at radius 1 is 1.14 bits per heavy atom. The molecule has 0 heterocycles. The number of halogens is 4. The fraction of sp³-hybridized carbons (Fsp3) is 0.200. The highest BCUT2D eigenvalue weighted by Gasteiger charge is 2.38. The average molecular weight is 409 g/mol. The van der Waals surface area contributed by atoms with Crippen LogP contribution in [0, 0.1) is 0 Å². The molecule has 12 heteroatoms. The summed E-state index contributed by atoms with van der Waals surface area (Å²) < 4.78 is 24.0. The van der Waals surface area contributed by atoms with E-state index in [9.17, 15) is 18.0 Å². The van der Waals surface area contributed by atoms with E-state index in [1.54, 1.807) is 0 Å². The number of benzene rings is 1. The summed E-state index contributed by atoms with van der Waals surface area (Å²) in [7, 11) is -4.16. The molecule has 1 unspecified atom stereocenters. The van der Waals surface area contributed by atoms with Crippen LogP contribution in [0.5, 0.6) is 0 Å². The number of nitrogens with one attached hydrogen (secondary N) is 2. The third-order valence-electron chi connectivity index (χ3n) is 2.22. The van der Waals surface area contributed by atoms with E-state index in [-0.39, 0.29) is 4.90 Å². The molecule has 2 amide bonds. The predicted molar refractivity (Wildman–Crippen MR) is 83.2 cm³/mol. The van der Waals surface area contributed by atoms with Crippen LogP contribution >= 0.6 is 46.4 Å². The lowest BCUT2D eigenvalue weighted by Crippen LogP contribution is -2.57. The Kier molecular flexibility index (Phi) is 6.31. The van der Waals surface area contributed by atoms with Crippen molar-refractivity contribution in [2.75, 3.05) is 0 Å². The molecule has 0 bridgehead atoms. The van der Waals surface area contributed by atoms with Crippen LogP contribution in [0.2, 0.25) is 5.02 Å². The molecule has 1 rings (SSSR count). The van der Waals surface area contributed by atoms with Gasteiger partial charge in [0.05, 0.1) is 4.90 Å². The maximum absolute atomic E-state index is 12.2. The SMILES string of the molecule is NC(=O)C(=O)NC(NS(=O)(=O)c1ccc(Cl)cc1)C(Cl)(Cl)Cl. The van der Waals surface area contributed by atoms with Crippen molar-refractivity contribution in [3.05, 3.63) is 29.3 Å². The molecule has 1 aromatic rings. The monoisotopic (exact) mass is 407 g/mol. The third-order valence-corrected chi connectivity index (χ3v) is 4.57. The second kappa shape index (κ2) is 7.20. The van der Waals surface area contributed by atoms with Crippen molar-refractivity contribution in [1.82, 2.24) is 10.0 Å². The average Bonchev–Trinajstić information content (AvgIpc) is 2.36. The lowest BCUT2D eigenvalue weighted by molar-refractivity contribution is -0.137. The summed E-state index contributed by atoms with van der Waals surface area (Å²) in [5.74, 6) is -2.69. The van der Waals surface area contributed by atoms with Crippen LogP contribution in [0.15, 0.2) is 29.2 Å². The third kappa shape index (κ3) is 5.45. The summed E-state index contributed by atoms with van der Waals surface area (Å²) in [5.41, 5.74) is 4.75. The Balaban J connectivity index is 3.05. The number of hydrogen-bond donors (Lipinski definition) is 3. The highest BCUT2D eigenvalue weighted by molar-refractivity contribution is 7.89. The van der Waals surface area contributed by atoms with Crippen LogP contribution in [0.4, 0.5) is 0 Å². The zero-order valence-corrected chi connectivity index (χ0v) is 14.4. The van der Waals surface area contributed by atoms with E-state index in [2.05, 4.69) is 0 Å². The van der Waals surface area contributed by atoms with Crippen LogP contribution in [0.3, 0.4) is 0 Å². The van der Waals surface area contributed by atoms with Gasteiger partial charge in [-0.15, -0.1) is 0 Å². The Labute approximate surface area is 146 Å². The maximum atomic E-state index is 12.2. The number of nitrogens with two attached hydrogens (primary N) is 1. The van der Waals surface area contributed by atoms with Crippen molar-refractivity contribution in [3.8, 4) is 0 Å². The van der Waals surface area contributed by atoms with Crippen molar-refractivity contribution in [2.24, 2.45) is 5.73 Å². The first-order valence-electron chi connectivity index (χ1n) is 5.38. The van der Waals surface area contributed by atoms with E-state index in [0.717, 1.165) is 0 Å². The molecule has 0 spiro atoms. The number of rotatable bonds is 4. The van der Waals surface area contributed by atoms with Crippen molar-refractivity contribution < 1.29 is 18.0 Å². The summed E-state index contributed by atoms with van der Waals surface area (Å²) in [6, 6.07) is 5.08. The number of alkyl halides is 3. The molecule has 0 radical (unpaired) electrons. The molecule has 0 fully saturated rings. The standard InChI is InChI=1S/C10H9Cl4N3O4S/c11-5-1-3-6(4-2-5)22(20,21)17-9(10(12,13)14)16-8(19)7(15)18/h1-4,9,17H,(H2,15,18)(H,16,19). The first-order valence-corrected chi connectivity index (χ1v) is 8.38. The fourth-order valence-electron chi connectivity index (χ4n) is 1.22. The van der Waals surface area contributed by atoms with Gasteiger partial charge in [0.2, 0.25) is 13.8 Å². The second-order valence-electron chi connectivity index (χ2n) is 3.89. The van der Waals surface area contributed by atoms with Gasteiger partial charge in [0.15, 0.2) is 0 Å². The van der Waals surface area contributed by atoms with Crippen LogP contribution in [-0.2, 0) is 19.6 Å². The van der Waals surface area contributed by atoms with Crippen LogP contribution in [0.1, 0.15) is 0 Å². The Hall–Kier alpha value is -0.770. The van der Waals surface area contributed by atoms with E-state index in [1.807, 2.05) is 10.0 Å². The minimum Gasteiger partial charge on any atom is -0.361 e. The number of hydrogen-bond acceptors (Lipinski definition) is 4. The van der Waals surface area contributed by atoms with Gasteiger partial charge in [-0.05, 0) is 24.3 Å². The number of sulfonamides is 1. The summed E-state index contributed by atoms with van der Waals surface area (Å²) in [6.07, 6.45) is -1.72. The van der Waals surface area contributed by atoms with Crippen molar-refractivity contribution in [3.63, 3.8) is 0 Å². The lowest BCUT2D eigenvalue weighted by Gasteiger charge is -2.25. The van der Waals surface area contributed by atoms with Gasteiger partial charge in [0.1, 0.15) is 6.17 Å². The van der Waals surface area contributed by atoms with Crippen LogP contribution in [-0.4, -0.2) is 30.2 Å². The molecule has 4 N–H and O–H groups in total. The molecule has 0 aliphatic rings. The normalized spacial score (nSPS) is 13.5. The van der Waals surface area contributed by atoms with E-state index in [1.165, 1.54) is 24.3 Å². The summed E-state index contributed by atoms with van der Waals surface area (Å²) in [4.78, 5) is 21.8. The molecule has 0 saturated heterocycles. The smallest absolute Gasteiger partial charge is 0.310 e. The van der Waals surface area contributed by atoms with Gasteiger partial charge in [0, 0.05) is 5.02 Å². The quantitative estimate of drug-likeness (QED) is 0.389. The van der Waals surface area contributed by atoms with Gasteiger partial charge in [-0.3, -0.25) is 9.59 Å². The van der Waals surface area contributed by atoms with E-state index in [4.69, 9.17) is 52.1 Å². The van der Waals surface area contributed by atoms with Crippen molar-refractivity contribution in [1.29, 1.82) is 0 Å². The highest BCUT2D eigenvalue weighted by atomic mass is 35.6. The Morgan fingerprint density at radius 2 is 1.64 bits per heavy atom. The minimum atomic E-state index is -4.16. The molecule has 0 saturated carbocycles. The summed E-state index contributed by atoms with van der Waals surface area (Å²) >= 11 is 22.4. The Bertz CT molecular complexity index is 672. The highest BCUT2D eigenvalue weighted by Crippen LogP contribution is 2.30. The molecular formula is C10H9Cl4N3O4S. The van der Waals surface area contributed by atoms with Gasteiger partial charge >= 0.3 is 11.8 Å². The van der Waals surface area contributed by atoms with E-state index in [0.29, 0.717) is 5.02 Å². The van der Waals surface area contributed by atoms with Gasteiger partial charge in [-0.2, -0.15) is 4.72 Å². The molecule has 1 aromatic carbocycles.